The summed E-state index contributed by atoms with van der Waals surface area (Å²) < 4.78 is 27.8. The van der Waals surface area contributed by atoms with Crippen molar-refractivity contribution in [1.29, 1.82) is 0 Å². The average Bonchev–Trinajstić information content (AvgIpc) is 3.17. The molecule has 3 N–H and O–H groups in total. The Morgan fingerprint density at radius 2 is 1.71 bits per heavy atom. The van der Waals surface area contributed by atoms with E-state index >= 15 is 0 Å². The molecule has 0 atom stereocenters. The monoisotopic (exact) mass is 453 g/mol. The first kappa shape index (κ1) is 21.0. The predicted molar refractivity (Wildman–Crippen MR) is 124 cm³/mol. The summed E-state index contributed by atoms with van der Waals surface area (Å²) in [5, 5.41) is 4.39. The summed E-state index contributed by atoms with van der Waals surface area (Å²) in [6.45, 7) is 0. The Hall–Kier alpha value is -3.29. The molecule has 0 radical (unpaired) electrons. The van der Waals surface area contributed by atoms with Crippen molar-refractivity contribution in [2.24, 2.45) is 0 Å². The molecule has 3 aromatic carbocycles. The van der Waals surface area contributed by atoms with Crippen LogP contribution in [-0.2, 0) is 21.2 Å². The summed E-state index contributed by atoms with van der Waals surface area (Å²) >= 11 is 5.84. The van der Waals surface area contributed by atoms with Crippen LogP contribution in [-0.4, -0.2) is 19.3 Å². The smallest absolute Gasteiger partial charge is 0.261 e. The van der Waals surface area contributed by atoms with Crippen LogP contribution in [0.4, 0.5) is 11.4 Å². The first-order chi connectivity index (χ1) is 14.9. The normalized spacial score (nSPS) is 11.4. The molecule has 0 aliphatic heterocycles. The van der Waals surface area contributed by atoms with Gasteiger partial charge in [-0.3, -0.25) is 9.52 Å². The maximum atomic E-state index is 12.7. The van der Waals surface area contributed by atoms with Crippen LogP contribution < -0.4 is 10.0 Å². The zero-order valence-electron chi connectivity index (χ0n) is 16.4. The van der Waals surface area contributed by atoms with Crippen molar-refractivity contribution in [2.45, 2.75) is 17.7 Å². The van der Waals surface area contributed by atoms with Gasteiger partial charge in [0.1, 0.15) is 0 Å². The number of aromatic amines is 1. The number of benzene rings is 3. The number of para-hydroxylation sites is 1. The van der Waals surface area contributed by atoms with Crippen molar-refractivity contribution in [3.63, 3.8) is 0 Å². The van der Waals surface area contributed by atoms with E-state index in [1.54, 1.807) is 36.4 Å². The van der Waals surface area contributed by atoms with Crippen molar-refractivity contribution < 1.29 is 13.2 Å². The second kappa shape index (κ2) is 8.83. The Morgan fingerprint density at radius 1 is 0.935 bits per heavy atom. The summed E-state index contributed by atoms with van der Waals surface area (Å²) in [5.74, 6) is -0.189. The number of rotatable bonds is 7. The fraction of sp³-hybridized carbons (Fsp3) is 0.0870. The van der Waals surface area contributed by atoms with E-state index in [0.29, 0.717) is 22.8 Å². The number of halogens is 1. The minimum Gasteiger partial charge on any atom is -0.361 e. The van der Waals surface area contributed by atoms with Crippen molar-refractivity contribution in [3.8, 4) is 0 Å². The third kappa shape index (κ3) is 5.07. The zero-order chi connectivity index (χ0) is 21.8. The first-order valence-electron chi connectivity index (χ1n) is 9.64. The van der Waals surface area contributed by atoms with Crippen molar-refractivity contribution in [1.82, 2.24) is 4.98 Å². The van der Waals surface area contributed by atoms with Crippen LogP contribution in [0.1, 0.15) is 12.0 Å². The number of fused-ring (bicyclic) bond motifs is 1. The average molecular weight is 454 g/mol. The third-order valence-electron chi connectivity index (χ3n) is 4.82. The number of carbonyl (C=O) groups is 1. The molecule has 6 nitrogen and oxygen atoms in total. The van der Waals surface area contributed by atoms with Gasteiger partial charge in [-0.15, -0.1) is 0 Å². The second-order valence-corrected chi connectivity index (χ2v) is 9.17. The molecule has 158 valence electrons. The number of aryl methyl sites for hydroxylation is 1. The lowest BCUT2D eigenvalue weighted by molar-refractivity contribution is -0.116. The topological polar surface area (TPSA) is 91.1 Å². The number of hydrogen-bond acceptors (Lipinski definition) is 3. The number of aromatic nitrogens is 1. The number of hydrogen-bond donors (Lipinski definition) is 3. The van der Waals surface area contributed by atoms with E-state index in [-0.39, 0.29) is 17.2 Å². The Balaban J connectivity index is 1.41. The molecule has 0 saturated carbocycles. The third-order valence-corrected chi connectivity index (χ3v) is 6.45. The lowest BCUT2D eigenvalue weighted by atomic mass is 10.1. The van der Waals surface area contributed by atoms with Crippen molar-refractivity contribution in [2.75, 3.05) is 10.0 Å². The molecule has 0 unspecified atom stereocenters. The van der Waals surface area contributed by atoms with Gasteiger partial charge < -0.3 is 10.3 Å². The highest BCUT2D eigenvalue weighted by atomic mass is 35.5. The largest absolute Gasteiger partial charge is 0.361 e. The standard InChI is InChI=1S/C23H20ClN3O3S/c24-17-9-11-18(12-10-17)27-31(29,30)20-5-3-4-19(14-20)26-23(28)13-8-16-15-25-22-7-2-1-6-21(16)22/h1-7,9-12,14-15,25,27H,8,13H2,(H,26,28). The number of carbonyl (C=O) groups excluding carboxylic acids is 1. The Bertz CT molecular complexity index is 1330. The van der Waals surface area contributed by atoms with Crippen molar-refractivity contribution >= 4 is 49.8 Å². The van der Waals surface area contributed by atoms with Gasteiger partial charge in [0.15, 0.2) is 0 Å². The Morgan fingerprint density at radius 3 is 2.52 bits per heavy atom. The van der Waals surface area contributed by atoms with Crippen LogP contribution >= 0.6 is 11.6 Å². The highest BCUT2D eigenvalue weighted by Gasteiger charge is 2.15. The molecule has 4 rings (SSSR count). The summed E-state index contributed by atoms with van der Waals surface area (Å²) in [4.78, 5) is 15.7. The van der Waals surface area contributed by atoms with Crippen molar-refractivity contribution in [3.05, 3.63) is 89.6 Å². The van der Waals surface area contributed by atoms with E-state index in [0.717, 1.165) is 16.5 Å². The van der Waals surface area contributed by atoms with Crippen LogP contribution in [0, 0.1) is 0 Å². The predicted octanol–water partition coefficient (Wildman–Crippen LogP) is 5.19. The van der Waals surface area contributed by atoms with E-state index < -0.39 is 10.0 Å². The van der Waals surface area contributed by atoms with Gasteiger partial charge in [0, 0.05) is 39.9 Å². The lowest BCUT2D eigenvalue weighted by Gasteiger charge is -2.10. The fourth-order valence-electron chi connectivity index (χ4n) is 3.28. The van der Waals surface area contributed by atoms with Gasteiger partial charge in [0.05, 0.1) is 4.90 Å². The van der Waals surface area contributed by atoms with Gasteiger partial charge in [0.25, 0.3) is 10.0 Å². The van der Waals surface area contributed by atoms with Gasteiger partial charge in [-0.2, -0.15) is 0 Å². The van der Waals surface area contributed by atoms with Crippen LogP contribution in [0.2, 0.25) is 5.02 Å². The van der Waals surface area contributed by atoms with Crippen LogP contribution in [0.3, 0.4) is 0 Å². The molecule has 31 heavy (non-hydrogen) atoms. The molecule has 1 aromatic heterocycles. The summed E-state index contributed by atoms with van der Waals surface area (Å²) in [5.41, 5.74) is 2.92. The highest BCUT2D eigenvalue weighted by Crippen LogP contribution is 2.22. The molecule has 8 heteroatoms. The number of sulfonamides is 1. The summed E-state index contributed by atoms with van der Waals surface area (Å²) in [6.07, 6.45) is 2.77. The molecule has 0 aliphatic carbocycles. The number of anilines is 2. The van der Waals surface area contributed by atoms with Crippen LogP contribution in [0.5, 0.6) is 0 Å². The molecular weight excluding hydrogens is 434 g/mol. The van der Waals surface area contributed by atoms with E-state index in [1.165, 1.54) is 12.1 Å². The maximum absolute atomic E-state index is 12.7. The minimum atomic E-state index is -3.81. The van der Waals surface area contributed by atoms with E-state index in [4.69, 9.17) is 11.6 Å². The number of amides is 1. The SMILES string of the molecule is O=C(CCc1c[nH]c2ccccc12)Nc1cccc(S(=O)(=O)Nc2ccc(Cl)cc2)c1. The van der Waals surface area contributed by atoms with Crippen LogP contribution in [0.25, 0.3) is 10.9 Å². The molecule has 0 aliphatic rings. The second-order valence-electron chi connectivity index (χ2n) is 7.05. The van der Waals surface area contributed by atoms with Gasteiger partial charge in [-0.1, -0.05) is 35.9 Å². The lowest BCUT2D eigenvalue weighted by Crippen LogP contribution is -2.15. The fourth-order valence-corrected chi connectivity index (χ4v) is 4.51. The number of H-pyrrole nitrogens is 1. The Kier molecular flexibility index (Phi) is 5.97. The van der Waals surface area contributed by atoms with E-state index in [1.807, 2.05) is 30.5 Å². The first-order valence-corrected chi connectivity index (χ1v) is 11.5. The minimum absolute atomic E-state index is 0.0527. The van der Waals surface area contributed by atoms with Crippen LogP contribution in [0.15, 0.2) is 83.9 Å². The zero-order valence-corrected chi connectivity index (χ0v) is 18.0. The highest BCUT2D eigenvalue weighted by molar-refractivity contribution is 7.92. The molecule has 0 fully saturated rings. The molecule has 1 amide bonds. The summed E-state index contributed by atoms with van der Waals surface area (Å²) in [7, 11) is -3.81. The summed E-state index contributed by atoms with van der Waals surface area (Å²) in [6, 6.07) is 20.4. The van der Waals surface area contributed by atoms with Gasteiger partial charge in [0.2, 0.25) is 5.91 Å². The number of nitrogens with one attached hydrogen (secondary N) is 3. The molecule has 0 bridgehead atoms. The van der Waals surface area contributed by atoms with E-state index in [2.05, 4.69) is 15.0 Å². The Labute approximate surface area is 185 Å². The quantitative estimate of drug-likeness (QED) is 0.359. The molecule has 0 spiro atoms. The molecule has 1 heterocycles. The molecule has 4 aromatic rings. The van der Waals surface area contributed by atoms with E-state index in [9.17, 15) is 13.2 Å². The van der Waals surface area contributed by atoms with Gasteiger partial charge in [-0.05, 0) is 60.5 Å². The maximum Gasteiger partial charge on any atom is 0.261 e. The molecular formula is C23H20ClN3O3S. The molecule has 0 saturated heterocycles. The van der Waals surface area contributed by atoms with Gasteiger partial charge in [-0.25, -0.2) is 8.42 Å². The van der Waals surface area contributed by atoms with Gasteiger partial charge >= 0.3 is 0 Å².